The summed E-state index contributed by atoms with van der Waals surface area (Å²) in [6, 6.07) is 7.90. The number of ether oxygens (including phenoxy) is 1. The summed E-state index contributed by atoms with van der Waals surface area (Å²) < 4.78 is 20.1. The van der Waals surface area contributed by atoms with Gasteiger partial charge in [-0.05, 0) is 43.2 Å². The molecule has 0 saturated heterocycles. The smallest absolute Gasteiger partial charge is 0.181 e. The van der Waals surface area contributed by atoms with Gasteiger partial charge in [0, 0.05) is 17.3 Å². The van der Waals surface area contributed by atoms with Gasteiger partial charge in [0.2, 0.25) is 0 Å². The summed E-state index contributed by atoms with van der Waals surface area (Å²) in [5, 5.41) is 0.203. The zero-order valence-electron chi connectivity index (χ0n) is 12.0. The van der Waals surface area contributed by atoms with Gasteiger partial charge in [0.05, 0.1) is 5.02 Å². The molecule has 0 spiro atoms. The Morgan fingerprint density at radius 1 is 1.29 bits per heavy atom. The summed E-state index contributed by atoms with van der Waals surface area (Å²) in [6.45, 7) is 3.74. The first kappa shape index (κ1) is 15.6. The minimum Gasteiger partial charge on any atom is -0.453 e. The van der Waals surface area contributed by atoms with Crippen LogP contribution >= 0.6 is 11.6 Å². The van der Waals surface area contributed by atoms with Crippen molar-refractivity contribution < 1.29 is 9.13 Å². The van der Waals surface area contributed by atoms with E-state index in [0.717, 1.165) is 5.56 Å². The Hall–Kier alpha value is -1.78. The fourth-order valence-corrected chi connectivity index (χ4v) is 2.16. The molecule has 0 saturated carbocycles. The number of hydrogen-bond acceptors (Lipinski definition) is 3. The van der Waals surface area contributed by atoms with E-state index in [9.17, 15) is 4.39 Å². The summed E-state index contributed by atoms with van der Waals surface area (Å²) in [5.74, 6) is -0.0571. The predicted molar refractivity (Wildman–Crippen MR) is 84.3 cm³/mol. The van der Waals surface area contributed by atoms with Crippen LogP contribution in [-0.4, -0.2) is 0 Å². The van der Waals surface area contributed by atoms with Gasteiger partial charge in [0.1, 0.15) is 5.75 Å². The number of nitrogen functional groups attached to an aromatic ring is 1. The molecule has 0 heterocycles. The molecule has 0 radical (unpaired) electrons. The minimum atomic E-state index is -0.522. The third-order valence-corrected chi connectivity index (χ3v) is 3.68. The molecule has 3 nitrogen and oxygen atoms in total. The van der Waals surface area contributed by atoms with Crippen molar-refractivity contribution in [1.82, 2.24) is 0 Å². The molecular formula is C16H18ClFN2O. The van der Waals surface area contributed by atoms with Crippen molar-refractivity contribution in [2.45, 2.75) is 26.3 Å². The standard InChI is InChI=1S/C16H18ClFN2O/c1-3-13(19)11-5-6-12(17)16(15(11)18)21-10-4-7-14(20)9(2)8-10/h4-8,13H,3,19-20H2,1-2H3/t13-/m1/s1. The van der Waals surface area contributed by atoms with E-state index in [1.54, 1.807) is 30.3 Å². The largest absolute Gasteiger partial charge is 0.453 e. The van der Waals surface area contributed by atoms with Gasteiger partial charge >= 0.3 is 0 Å². The molecule has 0 unspecified atom stereocenters. The normalized spacial score (nSPS) is 12.2. The Morgan fingerprint density at radius 2 is 2.00 bits per heavy atom. The lowest BCUT2D eigenvalue weighted by Gasteiger charge is -2.15. The van der Waals surface area contributed by atoms with Crippen molar-refractivity contribution in [3.63, 3.8) is 0 Å². The Balaban J connectivity index is 2.41. The zero-order chi connectivity index (χ0) is 15.6. The number of benzene rings is 2. The highest BCUT2D eigenvalue weighted by atomic mass is 35.5. The van der Waals surface area contributed by atoms with Crippen LogP contribution in [-0.2, 0) is 0 Å². The molecule has 0 aliphatic carbocycles. The first-order valence-electron chi connectivity index (χ1n) is 6.71. The number of hydrogen-bond donors (Lipinski definition) is 2. The van der Waals surface area contributed by atoms with Crippen molar-refractivity contribution in [1.29, 1.82) is 0 Å². The Morgan fingerprint density at radius 3 is 2.62 bits per heavy atom. The number of rotatable bonds is 4. The molecule has 1 atom stereocenters. The molecule has 4 N–H and O–H groups in total. The number of aryl methyl sites for hydroxylation is 1. The van der Waals surface area contributed by atoms with Gasteiger partial charge in [0.15, 0.2) is 11.6 Å². The van der Waals surface area contributed by atoms with E-state index in [4.69, 9.17) is 27.8 Å². The van der Waals surface area contributed by atoms with Gasteiger partial charge in [-0.3, -0.25) is 0 Å². The van der Waals surface area contributed by atoms with Crippen LogP contribution in [0.2, 0.25) is 5.02 Å². The van der Waals surface area contributed by atoms with Crippen LogP contribution in [0.1, 0.15) is 30.5 Å². The maximum absolute atomic E-state index is 14.5. The van der Waals surface area contributed by atoms with Crippen LogP contribution in [0.25, 0.3) is 0 Å². The van der Waals surface area contributed by atoms with E-state index in [1.807, 2.05) is 13.8 Å². The van der Waals surface area contributed by atoms with E-state index in [0.29, 0.717) is 23.4 Å². The second kappa shape index (κ2) is 6.33. The topological polar surface area (TPSA) is 61.3 Å². The van der Waals surface area contributed by atoms with E-state index in [1.165, 1.54) is 0 Å². The lowest BCUT2D eigenvalue weighted by atomic mass is 10.0. The zero-order valence-corrected chi connectivity index (χ0v) is 12.7. The molecule has 2 rings (SSSR count). The molecule has 0 bridgehead atoms. The number of halogens is 2. The van der Waals surface area contributed by atoms with Gasteiger partial charge in [-0.1, -0.05) is 24.6 Å². The third-order valence-electron chi connectivity index (χ3n) is 3.38. The molecule has 5 heteroatoms. The summed E-state index contributed by atoms with van der Waals surface area (Å²) >= 11 is 6.04. The lowest BCUT2D eigenvalue weighted by Crippen LogP contribution is -2.11. The van der Waals surface area contributed by atoms with E-state index >= 15 is 0 Å². The summed E-state index contributed by atoms with van der Waals surface area (Å²) in [5.41, 5.74) is 13.5. The maximum Gasteiger partial charge on any atom is 0.181 e. The molecule has 0 aliphatic rings. The lowest BCUT2D eigenvalue weighted by molar-refractivity contribution is 0.434. The van der Waals surface area contributed by atoms with Gasteiger partial charge in [0.25, 0.3) is 0 Å². The molecule has 21 heavy (non-hydrogen) atoms. The molecule has 0 aromatic heterocycles. The van der Waals surface area contributed by atoms with Gasteiger partial charge in [-0.15, -0.1) is 0 Å². The van der Waals surface area contributed by atoms with Crippen LogP contribution in [0.5, 0.6) is 11.5 Å². The average molecular weight is 309 g/mol. The highest BCUT2D eigenvalue weighted by Gasteiger charge is 2.18. The SMILES string of the molecule is CC[C@@H](N)c1ccc(Cl)c(Oc2ccc(N)c(C)c2)c1F. The highest BCUT2D eigenvalue weighted by molar-refractivity contribution is 6.32. The van der Waals surface area contributed by atoms with Crippen molar-refractivity contribution in [2.24, 2.45) is 5.73 Å². The predicted octanol–water partition coefficient (Wildman–Crippen LogP) is 4.57. The number of nitrogens with two attached hydrogens (primary N) is 2. The van der Waals surface area contributed by atoms with E-state index in [-0.39, 0.29) is 10.8 Å². The molecule has 2 aromatic carbocycles. The van der Waals surface area contributed by atoms with Crippen molar-refractivity contribution in [2.75, 3.05) is 5.73 Å². The monoisotopic (exact) mass is 308 g/mol. The molecule has 0 fully saturated rings. The summed E-state index contributed by atoms with van der Waals surface area (Å²) in [7, 11) is 0. The Bertz CT molecular complexity index is 661. The minimum absolute atomic E-state index is 0.0118. The van der Waals surface area contributed by atoms with Gasteiger partial charge in [-0.2, -0.15) is 0 Å². The summed E-state index contributed by atoms with van der Waals surface area (Å²) in [6.07, 6.45) is 0.624. The van der Waals surface area contributed by atoms with Crippen molar-refractivity contribution >= 4 is 17.3 Å². The van der Waals surface area contributed by atoms with Gasteiger partial charge < -0.3 is 16.2 Å². The molecule has 112 valence electrons. The molecule has 2 aromatic rings. The van der Waals surface area contributed by atoms with E-state index < -0.39 is 11.9 Å². The quantitative estimate of drug-likeness (QED) is 0.813. The first-order valence-corrected chi connectivity index (χ1v) is 7.09. The van der Waals surface area contributed by atoms with Crippen LogP contribution < -0.4 is 16.2 Å². The van der Waals surface area contributed by atoms with E-state index in [2.05, 4.69) is 0 Å². The fraction of sp³-hybridized carbons (Fsp3) is 0.250. The molecule has 0 aliphatic heterocycles. The summed E-state index contributed by atoms with van der Waals surface area (Å²) in [4.78, 5) is 0. The second-order valence-corrected chi connectivity index (χ2v) is 5.32. The average Bonchev–Trinajstić information content (AvgIpc) is 2.46. The maximum atomic E-state index is 14.5. The van der Waals surface area contributed by atoms with Crippen LogP contribution in [0.4, 0.5) is 10.1 Å². The van der Waals surface area contributed by atoms with Crippen LogP contribution in [0, 0.1) is 12.7 Å². The molecule has 0 amide bonds. The van der Waals surface area contributed by atoms with Gasteiger partial charge in [-0.25, -0.2) is 4.39 Å². The Labute approximate surface area is 128 Å². The Kier molecular flexibility index (Phi) is 4.70. The molecular weight excluding hydrogens is 291 g/mol. The van der Waals surface area contributed by atoms with Crippen LogP contribution in [0.3, 0.4) is 0 Å². The van der Waals surface area contributed by atoms with Crippen molar-refractivity contribution in [3.8, 4) is 11.5 Å². The highest BCUT2D eigenvalue weighted by Crippen LogP contribution is 2.36. The van der Waals surface area contributed by atoms with Crippen LogP contribution in [0.15, 0.2) is 30.3 Å². The second-order valence-electron chi connectivity index (χ2n) is 4.91. The number of anilines is 1. The fourth-order valence-electron chi connectivity index (χ4n) is 1.98. The van der Waals surface area contributed by atoms with Crippen molar-refractivity contribution in [3.05, 3.63) is 52.3 Å². The first-order chi connectivity index (χ1) is 9.93. The third kappa shape index (κ3) is 3.28.